The number of aromatic nitrogens is 2. The Morgan fingerprint density at radius 3 is 2.68 bits per heavy atom. The predicted molar refractivity (Wildman–Crippen MR) is 76.3 cm³/mol. The number of rotatable bonds is 3. The predicted octanol–water partition coefficient (Wildman–Crippen LogP) is 1.32. The van der Waals surface area contributed by atoms with Crippen molar-refractivity contribution in [1.82, 2.24) is 9.78 Å². The van der Waals surface area contributed by atoms with Gasteiger partial charge in [0.2, 0.25) is 0 Å². The largest absolute Gasteiger partial charge is 0.399 e. The number of carbonyl (C=O) groups excluding carboxylic acids is 1. The molecular formula is C13H17N5O. The normalized spacial score (nSPS) is 10.3. The summed E-state index contributed by atoms with van der Waals surface area (Å²) in [6.07, 6.45) is 1.77. The second kappa shape index (κ2) is 5.01. The number of hydrogen-bond donors (Lipinski definition) is 2. The summed E-state index contributed by atoms with van der Waals surface area (Å²) in [5.74, 6) is 0.286. The lowest BCUT2D eigenvalue weighted by Crippen LogP contribution is -2.19. The van der Waals surface area contributed by atoms with Gasteiger partial charge in [0.15, 0.2) is 5.82 Å². The van der Waals surface area contributed by atoms with Gasteiger partial charge in [-0.1, -0.05) is 0 Å². The fraction of sp³-hybridized carbons (Fsp3) is 0.231. The average Bonchev–Trinajstić information content (AvgIpc) is 2.74. The summed E-state index contributed by atoms with van der Waals surface area (Å²) in [5, 5.41) is 6.86. The molecule has 0 aliphatic carbocycles. The maximum absolute atomic E-state index is 12.3. The maximum atomic E-state index is 12.3. The van der Waals surface area contributed by atoms with E-state index in [1.807, 2.05) is 25.1 Å². The van der Waals surface area contributed by atoms with Crippen LogP contribution in [-0.2, 0) is 7.05 Å². The number of hydrogen-bond acceptors (Lipinski definition) is 4. The van der Waals surface area contributed by atoms with Crippen LogP contribution >= 0.6 is 0 Å². The highest BCUT2D eigenvalue weighted by atomic mass is 16.1. The molecule has 2 aromatic rings. The summed E-state index contributed by atoms with van der Waals surface area (Å²) in [6.45, 7) is 0. The fourth-order valence-corrected chi connectivity index (χ4v) is 1.79. The molecule has 0 spiro atoms. The molecule has 2 rings (SSSR count). The highest BCUT2D eigenvalue weighted by molar-refractivity contribution is 6.08. The smallest absolute Gasteiger partial charge is 0.259 e. The molecule has 0 saturated carbocycles. The molecule has 0 saturated heterocycles. The third-order valence-electron chi connectivity index (χ3n) is 2.70. The first kappa shape index (κ1) is 12.9. The summed E-state index contributed by atoms with van der Waals surface area (Å²) in [6, 6.07) is 6.99. The molecule has 0 fully saturated rings. The Morgan fingerprint density at radius 2 is 2.11 bits per heavy atom. The summed E-state index contributed by atoms with van der Waals surface area (Å²) in [5.41, 5.74) is 7.63. The molecule has 100 valence electrons. The molecule has 0 unspecified atom stereocenters. The van der Waals surface area contributed by atoms with Crippen molar-refractivity contribution >= 4 is 23.1 Å². The highest BCUT2D eigenvalue weighted by Gasteiger charge is 2.14. The van der Waals surface area contributed by atoms with E-state index in [0.29, 0.717) is 17.1 Å². The molecule has 6 nitrogen and oxygen atoms in total. The maximum Gasteiger partial charge on any atom is 0.259 e. The second-order valence-corrected chi connectivity index (χ2v) is 4.50. The number of nitrogens with one attached hydrogen (secondary N) is 1. The molecule has 0 aliphatic heterocycles. The van der Waals surface area contributed by atoms with Crippen molar-refractivity contribution in [3.63, 3.8) is 0 Å². The summed E-state index contributed by atoms with van der Waals surface area (Å²) < 4.78 is 1.63. The van der Waals surface area contributed by atoms with Crippen LogP contribution in [0.1, 0.15) is 10.4 Å². The molecule has 0 radical (unpaired) electrons. The van der Waals surface area contributed by atoms with Gasteiger partial charge in [-0.15, -0.1) is 0 Å². The monoisotopic (exact) mass is 259 g/mol. The van der Waals surface area contributed by atoms with Gasteiger partial charge in [-0.2, -0.15) is 5.10 Å². The van der Waals surface area contributed by atoms with Crippen LogP contribution in [0.2, 0.25) is 0 Å². The quantitative estimate of drug-likeness (QED) is 0.815. The molecule has 0 aliphatic rings. The number of nitrogens with two attached hydrogens (primary N) is 1. The van der Waals surface area contributed by atoms with E-state index in [-0.39, 0.29) is 5.91 Å². The van der Waals surface area contributed by atoms with Crippen molar-refractivity contribution in [2.24, 2.45) is 7.05 Å². The van der Waals surface area contributed by atoms with Crippen LogP contribution in [0.25, 0.3) is 0 Å². The number of carbonyl (C=O) groups is 1. The topological polar surface area (TPSA) is 76.2 Å². The van der Waals surface area contributed by atoms with Crippen LogP contribution in [0.15, 0.2) is 30.5 Å². The van der Waals surface area contributed by atoms with E-state index in [1.54, 1.807) is 36.1 Å². The van der Waals surface area contributed by atoms with E-state index in [9.17, 15) is 4.79 Å². The minimum Gasteiger partial charge on any atom is -0.399 e. The van der Waals surface area contributed by atoms with Gasteiger partial charge in [0.1, 0.15) is 0 Å². The molecule has 1 amide bonds. The van der Waals surface area contributed by atoms with Gasteiger partial charge in [-0.3, -0.25) is 9.48 Å². The lowest BCUT2D eigenvalue weighted by atomic mass is 10.1. The zero-order valence-corrected chi connectivity index (χ0v) is 11.2. The molecule has 6 heteroatoms. The molecule has 3 N–H and O–H groups in total. The van der Waals surface area contributed by atoms with Crippen LogP contribution in [0, 0.1) is 0 Å². The SMILES string of the molecule is CN(C)c1ccc(N)cc1C(=O)Nc1ccn(C)n1. The van der Waals surface area contributed by atoms with E-state index in [2.05, 4.69) is 10.4 Å². The summed E-state index contributed by atoms with van der Waals surface area (Å²) in [4.78, 5) is 14.1. The highest BCUT2D eigenvalue weighted by Crippen LogP contribution is 2.22. The van der Waals surface area contributed by atoms with Crippen molar-refractivity contribution < 1.29 is 4.79 Å². The Kier molecular flexibility index (Phi) is 3.41. The van der Waals surface area contributed by atoms with E-state index >= 15 is 0 Å². The lowest BCUT2D eigenvalue weighted by molar-refractivity contribution is 0.102. The van der Waals surface area contributed by atoms with Crippen LogP contribution in [-0.4, -0.2) is 29.8 Å². The van der Waals surface area contributed by atoms with Crippen molar-refractivity contribution in [3.05, 3.63) is 36.0 Å². The standard InChI is InChI=1S/C13H17N5O/c1-17(2)11-5-4-9(14)8-10(11)13(19)15-12-6-7-18(3)16-12/h4-8H,14H2,1-3H3,(H,15,16,19). The number of aryl methyl sites for hydroxylation is 1. The number of nitrogens with zero attached hydrogens (tertiary/aromatic N) is 3. The third kappa shape index (κ3) is 2.85. The van der Waals surface area contributed by atoms with Gasteiger partial charge >= 0.3 is 0 Å². The first-order valence-corrected chi connectivity index (χ1v) is 5.85. The molecule has 0 bridgehead atoms. The van der Waals surface area contributed by atoms with Gasteiger partial charge < -0.3 is 16.0 Å². The van der Waals surface area contributed by atoms with Crippen molar-refractivity contribution in [2.75, 3.05) is 30.0 Å². The van der Waals surface area contributed by atoms with Crippen LogP contribution in [0.5, 0.6) is 0 Å². The minimum atomic E-state index is -0.227. The van der Waals surface area contributed by atoms with Crippen LogP contribution < -0.4 is 16.0 Å². The van der Waals surface area contributed by atoms with Crippen molar-refractivity contribution in [2.45, 2.75) is 0 Å². The summed E-state index contributed by atoms with van der Waals surface area (Å²) in [7, 11) is 5.55. The number of nitrogen functional groups attached to an aromatic ring is 1. The van der Waals surface area contributed by atoms with Gasteiger partial charge in [-0.05, 0) is 18.2 Å². The van der Waals surface area contributed by atoms with Crippen molar-refractivity contribution in [3.8, 4) is 0 Å². The molecule has 0 atom stereocenters. The van der Waals surface area contributed by atoms with E-state index < -0.39 is 0 Å². The molecule has 1 heterocycles. The Bertz CT molecular complexity index is 603. The lowest BCUT2D eigenvalue weighted by Gasteiger charge is -2.17. The molecule has 19 heavy (non-hydrogen) atoms. The zero-order chi connectivity index (χ0) is 14.0. The van der Waals surface area contributed by atoms with Crippen LogP contribution in [0.4, 0.5) is 17.2 Å². The molecule has 1 aromatic carbocycles. The first-order chi connectivity index (χ1) is 8.97. The number of anilines is 3. The Hall–Kier alpha value is -2.50. The first-order valence-electron chi connectivity index (χ1n) is 5.85. The van der Waals surface area contributed by atoms with Gasteiger partial charge in [0.05, 0.1) is 5.56 Å². The number of benzene rings is 1. The fourth-order valence-electron chi connectivity index (χ4n) is 1.79. The third-order valence-corrected chi connectivity index (χ3v) is 2.70. The van der Waals surface area contributed by atoms with Crippen LogP contribution in [0.3, 0.4) is 0 Å². The van der Waals surface area contributed by atoms with Gasteiger partial charge in [0.25, 0.3) is 5.91 Å². The van der Waals surface area contributed by atoms with E-state index in [1.165, 1.54) is 0 Å². The Balaban J connectivity index is 2.30. The van der Waals surface area contributed by atoms with Crippen molar-refractivity contribution in [1.29, 1.82) is 0 Å². The average molecular weight is 259 g/mol. The zero-order valence-electron chi connectivity index (χ0n) is 11.2. The van der Waals surface area contributed by atoms with Gasteiger partial charge in [-0.25, -0.2) is 0 Å². The summed E-state index contributed by atoms with van der Waals surface area (Å²) >= 11 is 0. The molecular weight excluding hydrogens is 242 g/mol. The second-order valence-electron chi connectivity index (χ2n) is 4.50. The minimum absolute atomic E-state index is 0.227. The van der Waals surface area contributed by atoms with Gasteiger partial charge in [0, 0.05) is 44.8 Å². The Morgan fingerprint density at radius 1 is 1.37 bits per heavy atom. The van der Waals surface area contributed by atoms with E-state index in [0.717, 1.165) is 5.69 Å². The Labute approximate surface area is 111 Å². The number of amides is 1. The molecule has 1 aromatic heterocycles. The van der Waals surface area contributed by atoms with E-state index in [4.69, 9.17) is 5.73 Å².